The van der Waals surface area contributed by atoms with E-state index in [1.807, 2.05) is 30.5 Å². The third-order valence-corrected chi connectivity index (χ3v) is 5.15. The first kappa shape index (κ1) is 22.7. The molecular formula is C23H29N3O2S. The number of hydrogen-bond acceptors (Lipinski definition) is 4. The molecule has 0 aliphatic rings. The second-order valence-corrected chi connectivity index (χ2v) is 8.67. The normalized spacial score (nSPS) is 12.1. The maximum Gasteiger partial charge on any atom is 0.251 e. The molecule has 0 radical (unpaired) electrons. The van der Waals surface area contributed by atoms with Gasteiger partial charge in [-0.25, -0.2) is 0 Å². The molecule has 1 aromatic carbocycles. The van der Waals surface area contributed by atoms with Crippen LogP contribution in [0.5, 0.6) is 0 Å². The van der Waals surface area contributed by atoms with Gasteiger partial charge in [0.1, 0.15) is 6.04 Å². The lowest BCUT2D eigenvalue weighted by Gasteiger charge is -2.31. The molecular weight excluding hydrogens is 382 g/mol. The highest BCUT2D eigenvalue weighted by Crippen LogP contribution is 2.30. The van der Waals surface area contributed by atoms with E-state index < -0.39 is 6.04 Å². The molecule has 5 nitrogen and oxygen atoms in total. The lowest BCUT2D eigenvalue weighted by atomic mass is 9.87. The van der Waals surface area contributed by atoms with Gasteiger partial charge in [-0.05, 0) is 41.5 Å². The Kier molecular flexibility index (Phi) is 8.02. The van der Waals surface area contributed by atoms with Crippen LogP contribution < -0.4 is 10.2 Å². The lowest BCUT2D eigenvalue weighted by Crippen LogP contribution is -2.44. The Bertz CT molecular complexity index is 829. The van der Waals surface area contributed by atoms with Crippen LogP contribution in [0.15, 0.2) is 61.4 Å². The number of carbonyl (C=O) groups is 2. The molecule has 1 heterocycles. The zero-order valence-corrected chi connectivity index (χ0v) is 18.3. The summed E-state index contributed by atoms with van der Waals surface area (Å²) >= 11 is 1.65. The van der Waals surface area contributed by atoms with Gasteiger partial charge in [-0.2, -0.15) is 11.8 Å². The van der Waals surface area contributed by atoms with Gasteiger partial charge in [-0.15, -0.1) is 0 Å². The quantitative estimate of drug-likeness (QED) is 0.524. The zero-order chi connectivity index (χ0) is 21.4. The smallest absolute Gasteiger partial charge is 0.251 e. The molecule has 1 aromatic heterocycles. The van der Waals surface area contributed by atoms with E-state index in [0.29, 0.717) is 17.8 Å². The monoisotopic (exact) mass is 411 g/mol. The van der Waals surface area contributed by atoms with Crippen molar-refractivity contribution in [1.29, 1.82) is 0 Å². The summed E-state index contributed by atoms with van der Waals surface area (Å²) in [4.78, 5) is 31.6. The third-order valence-electron chi connectivity index (χ3n) is 4.54. The molecule has 6 heteroatoms. The molecule has 2 amide bonds. The van der Waals surface area contributed by atoms with E-state index in [1.54, 1.807) is 36.3 Å². The van der Waals surface area contributed by atoms with E-state index in [2.05, 4.69) is 37.7 Å². The highest BCUT2D eigenvalue weighted by molar-refractivity contribution is 7.98. The summed E-state index contributed by atoms with van der Waals surface area (Å²) in [7, 11) is 0. The molecule has 0 saturated carbocycles. The lowest BCUT2D eigenvalue weighted by molar-refractivity contribution is -0.125. The fourth-order valence-electron chi connectivity index (χ4n) is 2.95. The first-order valence-corrected chi connectivity index (χ1v) is 10.9. The van der Waals surface area contributed by atoms with E-state index in [9.17, 15) is 9.59 Å². The number of aromatic nitrogens is 1. The minimum Gasteiger partial charge on any atom is -0.353 e. The maximum absolute atomic E-state index is 13.1. The number of anilines is 1. The van der Waals surface area contributed by atoms with E-state index in [0.717, 1.165) is 11.3 Å². The number of nitrogens with one attached hydrogen (secondary N) is 1. The van der Waals surface area contributed by atoms with Crippen molar-refractivity contribution in [1.82, 2.24) is 10.3 Å². The molecule has 0 fully saturated rings. The summed E-state index contributed by atoms with van der Waals surface area (Å²) in [6.45, 7) is 10.6. The van der Waals surface area contributed by atoms with Gasteiger partial charge in [0.25, 0.3) is 5.91 Å². The number of thioether (sulfide) groups is 1. The summed E-state index contributed by atoms with van der Waals surface area (Å²) < 4.78 is 0. The zero-order valence-electron chi connectivity index (χ0n) is 17.5. The Hall–Kier alpha value is -2.60. The minimum atomic E-state index is -0.837. The Morgan fingerprint density at radius 2 is 1.93 bits per heavy atom. The summed E-state index contributed by atoms with van der Waals surface area (Å²) in [5.74, 6) is 0.200. The van der Waals surface area contributed by atoms with Crippen LogP contribution in [0, 0.1) is 0 Å². The van der Waals surface area contributed by atoms with Crippen LogP contribution in [0.2, 0.25) is 0 Å². The number of rotatable bonds is 8. The largest absolute Gasteiger partial charge is 0.353 e. The SMILES string of the molecule is C=CC(=O)N(c1ccc(C(C)(C)C)cc1)C(C(=O)NCCSC)c1cccnc1. The van der Waals surface area contributed by atoms with Crippen LogP contribution in [-0.2, 0) is 15.0 Å². The maximum atomic E-state index is 13.1. The highest BCUT2D eigenvalue weighted by atomic mass is 32.2. The Morgan fingerprint density at radius 1 is 1.24 bits per heavy atom. The predicted octanol–water partition coefficient (Wildman–Crippen LogP) is 4.12. The number of amides is 2. The van der Waals surface area contributed by atoms with E-state index in [-0.39, 0.29) is 17.2 Å². The topological polar surface area (TPSA) is 62.3 Å². The van der Waals surface area contributed by atoms with Crippen LogP contribution in [-0.4, -0.2) is 35.4 Å². The Balaban J connectivity index is 2.49. The molecule has 1 N–H and O–H groups in total. The fourth-order valence-corrected chi connectivity index (χ4v) is 3.26. The average Bonchev–Trinajstić information content (AvgIpc) is 2.71. The van der Waals surface area contributed by atoms with Crippen molar-refractivity contribution < 1.29 is 9.59 Å². The number of benzene rings is 1. The van der Waals surface area contributed by atoms with Crippen LogP contribution in [0.4, 0.5) is 5.69 Å². The number of nitrogens with zero attached hydrogens (tertiary/aromatic N) is 2. The summed E-state index contributed by atoms with van der Waals surface area (Å²) in [6.07, 6.45) is 6.47. The van der Waals surface area contributed by atoms with Crippen LogP contribution >= 0.6 is 11.8 Å². The molecule has 0 saturated heterocycles. The van der Waals surface area contributed by atoms with Crippen molar-refractivity contribution in [2.24, 2.45) is 0 Å². The molecule has 0 aliphatic carbocycles. The van der Waals surface area contributed by atoms with Crippen LogP contribution in [0.1, 0.15) is 37.9 Å². The van der Waals surface area contributed by atoms with Crippen molar-refractivity contribution in [3.63, 3.8) is 0 Å². The van der Waals surface area contributed by atoms with Crippen molar-refractivity contribution in [2.75, 3.05) is 23.5 Å². The van der Waals surface area contributed by atoms with Gasteiger partial charge >= 0.3 is 0 Å². The second kappa shape index (κ2) is 10.3. The number of carbonyl (C=O) groups excluding carboxylic acids is 2. The second-order valence-electron chi connectivity index (χ2n) is 7.68. The van der Waals surface area contributed by atoms with Gasteiger partial charge in [0.15, 0.2) is 0 Å². The molecule has 0 aliphatic heterocycles. The van der Waals surface area contributed by atoms with Gasteiger partial charge in [0, 0.05) is 35.9 Å². The fraction of sp³-hybridized carbons (Fsp3) is 0.348. The highest BCUT2D eigenvalue weighted by Gasteiger charge is 2.32. The van der Waals surface area contributed by atoms with E-state index >= 15 is 0 Å². The summed E-state index contributed by atoms with van der Waals surface area (Å²) in [6, 6.07) is 10.5. The average molecular weight is 412 g/mol. The number of pyridine rings is 1. The van der Waals surface area contributed by atoms with Gasteiger partial charge in [-0.3, -0.25) is 19.5 Å². The van der Waals surface area contributed by atoms with Crippen molar-refractivity contribution >= 4 is 29.3 Å². The van der Waals surface area contributed by atoms with Gasteiger partial charge < -0.3 is 5.32 Å². The standard InChI is InChI=1S/C23H29N3O2S/c1-6-20(27)26(19-11-9-18(10-12-19)23(2,3)4)21(17-8-7-13-24-16-17)22(28)25-14-15-29-5/h6-13,16,21H,1,14-15H2,2-5H3,(H,25,28). The molecule has 2 aromatic rings. The molecule has 154 valence electrons. The van der Waals surface area contributed by atoms with E-state index in [4.69, 9.17) is 0 Å². The Morgan fingerprint density at radius 3 is 2.45 bits per heavy atom. The van der Waals surface area contributed by atoms with Gasteiger partial charge in [-0.1, -0.05) is 45.5 Å². The first-order chi connectivity index (χ1) is 13.8. The third kappa shape index (κ3) is 5.94. The number of hydrogen-bond donors (Lipinski definition) is 1. The molecule has 29 heavy (non-hydrogen) atoms. The van der Waals surface area contributed by atoms with Gasteiger partial charge in [0.2, 0.25) is 5.91 Å². The first-order valence-electron chi connectivity index (χ1n) is 9.52. The molecule has 1 unspecified atom stereocenters. The molecule has 0 bridgehead atoms. The predicted molar refractivity (Wildman–Crippen MR) is 121 cm³/mol. The van der Waals surface area contributed by atoms with E-state index in [1.165, 1.54) is 11.0 Å². The van der Waals surface area contributed by atoms with Crippen LogP contribution in [0.3, 0.4) is 0 Å². The molecule has 2 rings (SSSR count). The van der Waals surface area contributed by atoms with Crippen LogP contribution in [0.25, 0.3) is 0 Å². The minimum absolute atomic E-state index is 0.0102. The molecule has 1 atom stereocenters. The van der Waals surface area contributed by atoms with Gasteiger partial charge in [0.05, 0.1) is 0 Å². The van der Waals surface area contributed by atoms with Crippen molar-refractivity contribution in [3.8, 4) is 0 Å². The summed E-state index contributed by atoms with van der Waals surface area (Å²) in [5.41, 5.74) is 2.42. The molecule has 0 spiro atoms. The van der Waals surface area contributed by atoms with Crippen molar-refractivity contribution in [3.05, 3.63) is 72.6 Å². The Labute approximate surface area is 177 Å². The van der Waals surface area contributed by atoms with Crippen molar-refractivity contribution in [2.45, 2.75) is 32.2 Å². The summed E-state index contributed by atoms with van der Waals surface area (Å²) in [5, 5.41) is 2.93.